The van der Waals surface area contributed by atoms with Crippen LogP contribution in [0.5, 0.6) is 0 Å². The Morgan fingerprint density at radius 3 is 1.27 bits per heavy atom. The third kappa shape index (κ3) is 36.2. The van der Waals surface area contributed by atoms with Gasteiger partial charge in [0.05, 0.1) is 6.61 Å². The molecule has 0 amide bonds. The van der Waals surface area contributed by atoms with E-state index in [1.54, 1.807) is 0 Å². The Kier molecular flexibility index (Phi) is 36.6. The number of aliphatic hydroxyl groups excluding tert-OH is 1. The van der Waals surface area contributed by atoms with Crippen LogP contribution in [0.25, 0.3) is 0 Å². The van der Waals surface area contributed by atoms with Gasteiger partial charge >= 0.3 is 11.9 Å². The predicted molar refractivity (Wildman–Crippen MR) is 205 cm³/mol. The Morgan fingerprint density at radius 2 is 0.833 bits per heavy atom. The second-order valence-corrected chi connectivity index (χ2v) is 12.6. The molecule has 0 aromatic rings. The molecular formula is C43H72O5. The molecule has 0 saturated carbocycles. The fourth-order valence-corrected chi connectivity index (χ4v) is 4.98. The van der Waals surface area contributed by atoms with Crippen LogP contribution in [-0.4, -0.2) is 36.4 Å². The number of carbonyl (C=O) groups is 2. The topological polar surface area (TPSA) is 72.8 Å². The van der Waals surface area contributed by atoms with Gasteiger partial charge in [-0.15, -0.1) is 0 Å². The lowest BCUT2D eigenvalue weighted by Gasteiger charge is -2.15. The average Bonchev–Trinajstić information content (AvgIpc) is 3.09. The molecule has 0 saturated heterocycles. The standard InChI is InChI=1S/C43H72O5/c1-3-5-7-9-11-13-15-17-19-20-21-22-24-25-27-29-31-33-35-37-42(45)47-40-41(39-44)48-43(46)38-36-34-32-30-28-26-23-18-16-14-12-10-8-6-4-2/h11-14,17-19,21-23,25,27,41,44H,3-10,15-16,20,24,26,28-40H2,1-2H3/t41-/m0/s1. The van der Waals surface area contributed by atoms with E-state index < -0.39 is 6.10 Å². The zero-order valence-electron chi connectivity index (χ0n) is 31.0. The first-order valence-corrected chi connectivity index (χ1v) is 19.5. The van der Waals surface area contributed by atoms with Crippen LogP contribution in [0, 0.1) is 0 Å². The van der Waals surface area contributed by atoms with Crippen LogP contribution in [0.2, 0.25) is 0 Å². The quantitative estimate of drug-likeness (QED) is 0.0420. The minimum Gasteiger partial charge on any atom is -0.462 e. The van der Waals surface area contributed by atoms with Crippen molar-refractivity contribution in [3.05, 3.63) is 72.9 Å². The van der Waals surface area contributed by atoms with Crippen molar-refractivity contribution >= 4 is 11.9 Å². The predicted octanol–water partition coefficient (Wildman–Crippen LogP) is 12.2. The van der Waals surface area contributed by atoms with Gasteiger partial charge in [0.2, 0.25) is 0 Å². The maximum absolute atomic E-state index is 12.1. The highest BCUT2D eigenvalue weighted by molar-refractivity contribution is 5.70. The number of unbranched alkanes of at least 4 members (excludes halogenated alkanes) is 14. The summed E-state index contributed by atoms with van der Waals surface area (Å²) in [5, 5.41) is 9.54. The van der Waals surface area contributed by atoms with E-state index >= 15 is 0 Å². The molecule has 0 heterocycles. The molecule has 0 fully saturated rings. The molecule has 5 nitrogen and oxygen atoms in total. The van der Waals surface area contributed by atoms with Crippen LogP contribution in [0.4, 0.5) is 0 Å². The van der Waals surface area contributed by atoms with E-state index in [1.807, 2.05) is 0 Å². The lowest BCUT2D eigenvalue weighted by molar-refractivity contribution is -0.161. The molecule has 5 heteroatoms. The van der Waals surface area contributed by atoms with Crippen LogP contribution in [0.1, 0.15) is 168 Å². The van der Waals surface area contributed by atoms with Crippen molar-refractivity contribution in [2.45, 2.75) is 174 Å². The molecule has 0 aromatic carbocycles. The zero-order valence-corrected chi connectivity index (χ0v) is 31.0. The molecule has 0 rings (SSSR count). The highest BCUT2D eigenvalue weighted by atomic mass is 16.6. The third-order valence-electron chi connectivity index (χ3n) is 7.97. The van der Waals surface area contributed by atoms with Crippen molar-refractivity contribution in [3.63, 3.8) is 0 Å². The molecule has 0 aromatic heterocycles. The van der Waals surface area contributed by atoms with Crippen molar-refractivity contribution in [1.82, 2.24) is 0 Å². The Balaban J connectivity index is 3.68. The number of hydrogen-bond acceptors (Lipinski definition) is 5. The molecule has 1 N–H and O–H groups in total. The maximum atomic E-state index is 12.1. The zero-order chi connectivity index (χ0) is 35.0. The molecule has 0 spiro atoms. The highest BCUT2D eigenvalue weighted by Crippen LogP contribution is 2.10. The summed E-state index contributed by atoms with van der Waals surface area (Å²) < 4.78 is 10.6. The van der Waals surface area contributed by atoms with Crippen LogP contribution < -0.4 is 0 Å². The van der Waals surface area contributed by atoms with Crippen LogP contribution in [0.3, 0.4) is 0 Å². The normalized spacial score (nSPS) is 13.0. The first-order chi connectivity index (χ1) is 23.6. The van der Waals surface area contributed by atoms with Gasteiger partial charge in [0.1, 0.15) is 6.61 Å². The van der Waals surface area contributed by atoms with Crippen LogP contribution in [-0.2, 0) is 19.1 Å². The Labute approximate surface area is 295 Å². The summed E-state index contributed by atoms with van der Waals surface area (Å²) in [6.45, 7) is 4.03. The van der Waals surface area contributed by atoms with Gasteiger partial charge in [0.25, 0.3) is 0 Å². The van der Waals surface area contributed by atoms with Crippen molar-refractivity contribution in [1.29, 1.82) is 0 Å². The summed E-state index contributed by atoms with van der Waals surface area (Å²) in [7, 11) is 0. The molecule has 0 aliphatic carbocycles. The SMILES string of the molecule is CCCCCC=CCC=CCC=CCC=CCCCCCC(=O)OC[C@H](CO)OC(=O)CCCCCCCC=CCC=CCCCCC. The molecule has 0 aliphatic heterocycles. The van der Waals surface area contributed by atoms with Gasteiger partial charge in [-0.05, 0) is 89.9 Å². The summed E-state index contributed by atoms with van der Waals surface area (Å²) in [5.41, 5.74) is 0. The van der Waals surface area contributed by atoms with Crippen LogP contribution >= 0.6 is 0 Å². The Bertz CT molecular complexity index is 895. The third-order valence-corrected chi connectivity index (χ3v) is 7.97. The number of aliphatic hydroxyl groups is 1. The van der Waals surface area contributed by atoms with Gasteiger partial charge in [-0.2, -0.15) is 0 Å². The number of esters is 2. The van der Waals surface area contributed by atoms with E-state index in [9.17, 15) is 14.7 Å². The van der Waals surface area contributed by atoms with Gasteiger partial charge in [0.15, 0.2) is 6.10 Å². The number of rotatable bonds is 34. The highest BCUT2D eigenvalue weighted by Gasteiger charge is 2.16. The molecule has 0 unspecified atom stereocenters. The molecule has 1 atom stereocenters. The lowest BCUT2D eigenvalue weighted by atomic mass is 10.1. The molecule has 48 heavy (non-hydrogen) atoms. The monoisotopic (exact) mass is 669 g/mol. The molecule has 0 radical (unpaired) electrons. The summed E-state index contributed by atoms with van der Waals surface area (Å²) >= 11 is 0. The minimum absolute atomic E-state index is 0.0918. The average molecular weight is 669 g/mol. The van der Waals surface area contributed by atoms with Crippen molar-refractivity contribution in [2.75, 3.05) is 13.2 Å². The van der Waals surface area contributed by atoms with E-state index in [4.69, 9.17) is 9.47 Å². The first-order valence-electron chi connectivity index (χ1n) is 19.5. The largest absolute Gasteiger partial charge is 0.462 e. The van der Waals surface area contributed by atoms with Gasteiger partial charge in [-0.3, -0.25) is 9.59 Å². The smallest absolute Gasteiger partial charge is 0.306 e. The minimum atomic E-state index is -0.795. The van der Waals surface area contributed by atoms with Crippen molar-refractivity contribution in [3.8, 4) is 0 Å². The first kappa shape index (κ1) is 45.3. The van der Waals surface area contributed by atoms with Crippen molar-refractivity contribution < 1.29 is 24.2 Å². The maximum Gasteiger partial charge on any atom is 0.306 e. The number of ether oxygens (including phenoxy) is 2. The lowest BCUT2D eigenvalue weighted by Crippen LogP contribution is -2.28. The molecule has 274 valence electrons. The summed E-state index contributed by atoms with van der Waals surface area (Å²) in [6.07, 6.45) is 51.0. The second-order valence-electron chi connectivity index (χ2n) is 12.6. The van der Waals surface area contributed by atoms with E-state index in [0.29, 0.717) is 12.8 Å². The molecule has 0 aliphatic rings. The summed E-state index contributed by atoms with van der Waals surface area (Å²) in [6, 6.07) is 0. The van der Waals surface area contributed by atoms with Gasteiger partial charge in [-0.1, -0.05) is 138 Å². The van der Waals surface area contributed by atoms with E-state index in [0.717, 1.165) is 83.5 Å². The second kappa shape index (κ2) is 38.8. The fraction of sp³-hybridized carbons (Fsp3) is 0.674. The van der Waals surface area contributed by atoms with E-state index in [-0.39, 0.29) is 25.2 Å². The van der Waals surface area contributed by atoms with Crippen LogP contribution in [0.15, 0.2) is 72.9 Å². The van der Waals surface area contributed by atoms with Gasteiger partial charge in [-0.25, -0.2) is 0 Å². The number of allylic oxidation sites excluding steroid dienone is 12. The number of hydrogen-bond donors (Lipinski definition) is 1. The molecular weight excluding hydrogens is 596 g/mol. The van der Waals surface area contributed by atoms with Gasteiger partial charge in [0, 0.05) is 12.8 Å². The fourth-order valence-electron chi connectivity index (χ4n) is 4.98. The van der Waals surface area contributed by atoms with Crippen molar-refractivity contribution in [2.24, 2.45) is 0 Å². The van der Waals surface area contributed by atoms with Gasteiger partial charge < -0.3 is 14.6 Å². The Morgan fingerprint density at radius 1 is 0.479 bits per heavy atom. The Hall–Kier alpha value is -2.66. The number of carbonyl (C=O) groups excluding carboxylic acids is 2. The van der Waals surface area contributed by atoms with E-state index in [2.05, 4.69) is 86.8 Å². The molecule has 0 bridgehead atoms. The summed E-state index contributed by atoms with van der Waals surface area (Å²) in [5.74, 6) is -0.649. The summed E-state index contributed by atoms with van der Waals surface area (Å²) in [4.78, 5) is 24.2. The van der Waals surface area contributed by atoms with E-state index in [1.165, 1.54) is 57.8 Å².